The number of benzene rings is 4. The average Bonchev–Trinajstić information content (AvgIpc) is 3.03. The van der Waals surface area contributed by atoms with Gasteiger partial charge in [-0.25, -0.2) is 9.59 Å². The van der Waals surface area contributed by atoms with Crippen LogP contribution in [-0.2, 0) is 26.4 Å². The van der Waals surface area contributed by atoms with Gasteiger partial charge in [-0.15, -0.1) is 0 Å². The summed E-state index contributed by atoms with van der Waals surface area (Å²) in [6, 6.07) is 12.4. The lowest BCUT2D eigenvalue weighted by Gasteiger charge is -2.12. The summed E-state index contributed by atoms with van der Waals surface area (Å²) in [6.07, 6.45) is -9.08. The van der Waals surface area contributed by atoms with E-state index in [0.29, 0.717) is 6.07 Å². The van der Waals surface area contributed by atoms with Gasteiger partial charge in [-0.2, -0.15) is 26.3 Å². The second-order valence-corrected chi connectivity index (χ2v) is 11.0. The highest BCUT2D eigenvalue weighted by atomic mass is 35.5. The first kappa shape index (κ1) is 37.3. The normalized spacial score (nSPS) is 11.5. The standard InChI is InChI=1S/C17H12ClF3N2O3.C15H8ClF3O5/c1-22-15(24)11-5-4-10(8-12(11)16(25)23(22)2)26-14-6-3-9(7-13(14)18)17(19,20)21;16-11-5-7(15(17,18)19)1-4-12(11)24-8-2-3-9(13(20)21)10(6-8)14(22)23/h3-8H,1-2H3;1-6H,(H,20,21)(H,22,23). The number of carboxylic acid groups (broad SMARTS) is 2. The molecule has 0 aliphatic rings. The molecule has 0 bridgehead atoms. The van der Waals surface area contributed by atoms with Gasteiger partial charge < -0.3 is 19.7 Å². The largest absolute Gasteiger partial charge is 0.478 e. The summed E-state index contributed by atoms with van der Waals surface area (Å²) in [7, 11) is 2.92. The highest BCUT2D eigenvalue weighted by molar-refractivity contribution is 6.32. The molecule has 0 saturated heterocycles. The van der Waals surface area contributed by atoms with E-state index in [1.807, 2.05) is 0 Å². The molecule has 0 unspecified atom stereocenters. The van der Waals surface area contributed by atoms with Crippen LogP contribution in [0.15, 0.2) is 82.4 Å². The van der Waals surface area contributed by atoms with Crippen molar-refractivity contribution in [3.63, 3.8) is 0 Å². The Morgan fingerprint density at radius 2 is 1.02 bits per heavy atom. The van der Waals surface area contributed by atoms with Crippen molar-refractivity contribution in [1.82, 2.24) is 9.36 Å². The van der Waals surface area contributed by atoms with Crippen LogP contribution in [0.3, 0.4) is 0 Å². The van der Waals surface area contributed by atoms with Crippen LogP contribution >= 0.6 is 23.2 Å². The lowest BCUT2D eigenvalue weighted by Crippen LogP contribution is -2.35. The summed E-state index contributed by atoms with van der Waals surface area (Å²) in [5.74, 6) is -2.98. The fourth-order valence-corrected chi connectivity index (χ4v) is 4.73. The maximum absolute atomic E-state index is 12.7. The number of carboxylic acids is 2. The first-order valence-electron chi connectivity index (χ1n) is 13.6. The number of halogens is 8. The van der Waals surface area contributed by atoms with E-state index in [2.05, 4.69) is 0 Å². The van der Waals surface area contributed by atoms with Gasteiger partial charge >= 0.3 is 24.3 Å². The monoisotopic (exact) mass is 744 g/mol. The van der Waals surface area contributed by atoms with E-state index in [1.165, 1.54) is 43.0 Å². The number of aromatic nitrogens is 2. The minimum Gasteiger partial charge on any atom is -0.478 e. The zero-order valence-electron chi connectivity index (χ0n) is 25.2. The third-order valence-electron chi connectivity index (χ3n) is 6.92. The van der Waals surface area contributed by atoms with E-state index >= 15 is 0 Å². The van der Waals surface area contributed by atoms with E-state index < -0.39 is 52.1 Å². The minimum atomic E-state index is -4.57. The van der Waals surface area contributed by atoms with Gasteiger partial charge in [0.15, 0.2) is 0 Å². The fourth-order valence-electron chi connectivity index (χ4n) is 4.30. The number of nitrogens with zero attached hydrogens (tertiary/aromatic N) is 2. The van der Waals surface area contributed by atoms with E-state index in [1.54, 1.807) is 0 Å². The quantitative estimate of drug-likeness (QED) is 0.166. The van der Waals surface area contributed by atoms with Crippen LogP contribution in [-0.4, -0.2) is 31.5 Å². The Hall–Kier alpha value is -5.48. The second-order valence-electron chi connectivity index (χ2n) is 10.2. The summed E-state index contributed by atoms with van der Waals surface area (Å²) in [4.78, 5) is 46.5. The number of carbonyl (C=O) groups is 2. The topological polar surface area (TPSA) is 137 Å². The van der Waals surface area contributed by atoms with Crippen molar-refractivity contribution in [2.45, 2.75) is 12.4 Å². The van der Waals surface area contributed by atoms with Gasteiger partial charge in [0.1, 0.15) is 23.0 Å². The maximum Gasteiger partial charge on any atom is 0.416 e. The van der Waals surface area contributed by atoms with Crippen LogP contribution in [0.4, 0.5) is 26.3 Å². The number of aromatic carboxylic acids is 2. The van der Waals surface area contributed by atoms with Crippen LogP contribution < -0.4 is 20.6 Å². The molecule has 1 aromatic heterocycles. The van der Waals surface area contributed by atoms with Crippen molar-refractivity contribution in [1.29, 1.82) is 0 Å². The number of rotatable bonds is 6. The van der Waals surface area contributed by atoms with Crippen LogP contribution in [0, 0.1) is 0 Å². The van der Waals surface area contributed by atoms with Gasteiger partial charge in [0.05, 0.1) is 43.1 Å². The zero-order valence-corrected chi connectivity index (χ0v) is 26.7. The molecule has 5 rings (SSSR count). The van der Waals surface area contributed by atoms with E-state index in [0.717, 1.165) is 47.1 Å². The van der Waals surface area contributed by atoms with E-state index in [4.69, 9.17) is 42.9 Å². The van der Waals surface area contributed by atoms with E-state index in [-0.39, 0.29) is 49.4 Å². The van der Waals surface area contributed by atoms with Gasteiger partial charge in [0, 0.05) is 14.1 Å². The van der Waals surface area contributed by atoms with Crippen molar-refractivity contribution in [2.24, 2.45) is 14.1 Å². The third kappa shape index (κ3) is 8.20. The summed E-state index contributed by atoms with van der Waals surface area (Å²) >= 11 is 11.6. The molecular formula is C32H20Cl2F6N2O8. The molecule has 0 atom stereocenters. The molecule has 50 heavy (non-hydrogen) atoms. The number of fused-ring (bicyclic) bond motifs is 1. The average molecular weight is 745 g/mol. The minimum absolute atomic E-state index is 0.000302. The Bertz CT molecular complexity index is 2270. The van der Waals surface area contributed by atoms with Gasteiger partial charge in [-0.05, 0) is 72.8 Å². The predicted molar refractivity (Wildman–Crippen MR) is 168 cm³/mol. The van der Waals surface area contributed by atoms with Crippen molar-refractivity contribution >= 4 is 45.9 Å². The molecule has 0 radical (unpaired) electrons. The van der Waals surface area contributed by atoms with Crippen molar-refractivity contribution in [2.75, 3.05) is 0 Å². The number of ether oxygens (including phenoxy) is 2. The highest BCUT2D eigenvalue weighted by Gasteiger charge is 2.32. The fraction of sp³-hybridized carbons (Fsp3) is 0.125. The molecular weight excluding hydrogens is 725 g/mol. The molecule has 0 aliphatic carbocycles. The zero-order chi connectivity index (χ0) is 37.3. The molecule has 10 nitrogen and oxygen atoms in total. The van der Waals surface area contributed by atoms with Crippen LogP contribution in [0.1, 0.15) is 31.8 Å². The maximum atomic E-state index is 12.7. The Kier molecular flexibility index (Phi) is 10.6. The SMILES string of the molecule is Cn1c(=O)c2ccc(Oc3ccc(C(F)(F)F)cc3Cl)cc2c(=O)n1C.O=C(O)c1ccc(Oc2ccc(C(F)(F)F)cc2Cl)cc1C(=O)O. The Morgan fingerprint density at radius 1 is 0.600 bits per heavy atom. The lowest BCUT2D eigenvalue weighted by atomic mass is 10.1. The van der Waals surface area contributed by atoms with Gasteiger partial charge in [-0.3, -0.25) is 19.0 Å². The third-order valence-corrected chi connectivity index (χ3v) is 7.51. The van der Waals surface area contributed by atoms with Crippen molar-refractivity contribution in [3.8, 4) is 23.0 Å². The Morgan fingerprint density at radius 3 is 1.44 bits per heavy atom. The summed E-state index contributed by atoms with van der Waals surface area (Å²) in [5, 5.41) is 17.7. The first-order chi connectivity index (χ1) is 23.2. The first-order valence-corrected chi connectivity index (χ1v) is 14.3. The number of hydrogen-bond acceptors (Lipinski definition) is 6. The Labute approximate surface area is 285 Å². The van der Waals surface area contributed by atoms with Crippen molar-refractivity contribution < 1.29 is 55.6 Å². The van der Waals surface area contributed by atoms with E-state index in [9.17, 15) is 45.5 Å². The molecule has 18 heteroatoms. The molecule has 262 valence electrons. The van der Waals surface area contributed by atoms with Crippen LogP contribution in [0.5, 0.6) is 23.0 Å². The Balaban J connectivity index is 0.000000226. The molecule has 0 aliphatic heterocycles. The number of hydrogen-bond donors (Lipinski definition) is 2. The molecule has 0 fully saturated rings. The molecule has 5 aromatic rings. The van der Waals surface area contributed by atoms with Crippen LogP contribution in [0.25, 0.3) is 10.8 Å². The summed E-state index contributed by atoms with van der Waals surface area (Å²) < 4.78 is 88.8. The molecule has 2 N–H and O–H groups in total. The number of alkyl halides is 6. The second kappa shape index (κ2) is 14.2. The molecule has 0 saturated carbocycles. The molecule has 4 aromatic carbocycles. The molecule has 0 spiro atoms. The summed E-state index contributed by atoms with van der Waals surface area (Å²) in [6.45, 7) is 0. The smallest absolute Gasteiger partial charge is 0.416 e. The van der Waals surface area contributed by atoms with Gasteiger partial charge in [0.25, 0.3) is 11.1 Å². The molecule has 1 heterocycles. The van der Waals surface area contributed by atoms with Gasteiger partial charge in [0.2, 0.25) is 0 Å². The molecule has 0 amide bonds. The summed E-state index contributed by atoms with van der Waals surface area (Å²) in [5.41, 5.74) is -3.61. The van der Waals surface area contributed by atoms with Gasteiger partial charge in [-0.1, -0.05) is 23.2 Å². The van der Waals surface area contributed by atoms with Crippen LogP contribution in [0.2, 0.25) is 10.0 Å². The highest BCUT2D eigenvalue weighted by Crippen LogP contribution is 2.38. The lowest BCUT2D eigenvalue weighted by molar-refractivity contribution is -0.138. The predicted octanol–water partition coefficient (Wildman–Crippen LogP) is 8.25. The van der Waals surface area contributed by atoms with Crippen molar-refractivity contribution in [3.05, 3.63) is 126 Å².